The molecule has 0 saturated heterocycles. The van der Waals surface area contributed by atoms with Gasteiger partial charge in [0.05, 0.1) is 37.4 Å². The Bertz CT molecular complexity index is 1020. The third kappa shape index (κ3) is 5.10. The minimum absolute atomic E-state index is 0.0758. The SMILES string of the molecule is CCOc1ccc(-c2cccc(C(=O)N/N=C/c3cc(OC)cnc3F)n2)cn1. The molecule has 0 atom stereocenters. The van der Waals surface area contributed by atoms with Crippen LogP contribution in [0.4, 0.5) is 4.39 Å². The Labute approximate surface area is 166 Å². The molecule has 0 saturated carbocycles. The summed E-state index contributed by atoms with van der Waals surface area (Å²) in [7, 11) is 1.44. The van der Waals surface area contributed by atoms with Gasteiger partial charge in [0, 0.05) is 17.8 Å². The molecule has 3 rings (SSSR count). The van der Waals surface area contributed by atoms with Gasteiger partial charge in [-0.05, 0) is 31.2 Å². The van der Waals surface area contributed by atoms with Crippen LogP contribution < -0.4 is 14.9 Å². The number of ether oxygens (including phenoxy) is 2. The number of carbonyl (C=O) groups is 1. The summed E-state index contributed by atoms with van der Waals surface area (Å²) in [4.78, 5) is 24.4. The van der Waals surface area contributed by atoms with Gasteiger partial charge in [0.15, 0.2) is 0 Å². The van der Waals surface area contributed by atoms with Crippen LogP contribution in [0, 0.1) is 5.95 Å². The fraction of sp³-hybridized carbons (Fsp3) is 0.150. The molecule has 8 nitrogen and oxygen atoms in total. The van der Waals surface area contributed by atoms with Crippen LogP contribution in [0.2, 0.25) is 0 Å². The topological polar surface area (TPSA) is 98.6 Å². The Kier molecular flexibility index (Phi) is 6.41. The van der Waals surface area contributed by atoms with Crippen molar-refractivity contribution >= 4 is 12.1 Å². The lowest BCUT2D eigenvalue weighted by Crippen LogP contribution is -2.19. The highest BCUT2D eigenvalue weighted by Crippen LogP contribution is 2.18. The quantitative estimate of drug-likeness (QED) is 0.375. The van der Waals surface area contributed by atoms with E-state index < -0.39 is 11.9 Å². The van der Waals surface area contributed by atoms with E-state index in [2.05, 4.69) is 25.5 Å². The minimum atomic E-state index is -0.730. The average molecular weight is 395 g/mol. The number of amides is 1. The van der Waals surface area contributed by atoms with Crippen molar-refractivity contribution in [2.75, 3.05) is 13.7 Å². The maximum absolute atomic E-state index is 13.7. The number of rotatable bonds is 7. The first kappa shape index (κ1) is 19.9. The van der Waals surface area contributed by atoms with E-state index in [9.17, 15) is 9.18 Å². The summed E-state index contributed by atoms with van der Waals surface area (Å²) in [6.07, 6.45) is 4.01. The summed E-state index contributed by atoms with van der Waals surface area (Å²) in [6.45, 7) is 2.40. The number of hydrogen-bond donors (Lipinski definition) is 1. The van der Waals surface area contributed by atoms with Crippen molar-refractivity contribution in [3.8, 4) is 22.9 Å². The van der Waals surface area contributed by atoms with Crippen LogP contribution in [0.5, 0.6) is 11.6 Å². The molecule has 3 heterocycles. The molecule has 9 heteroatoms. The number of hydrogen-bond acceptors (Lipinski definition) is 7. The minimum Gasteiger partial charge on any atom is -0.495 e. The van der Waals surface area contributed by atoms with Crippen LogP contribution in [0.3, 0.4) is 0 Å². The van der Waals surface area contributed by atoms with E-state index in [0.717, 1.165) is 11.8 Å². The van der Waals surface area contributed by atoms with Gasteiger partial charge >= 0.3 is 0 Å². The Morgan fingerprint density at radius 1 is 1.24 bits per heavy atom. The molecule has 0 fully saturated rings. The molecule has 0 aliphatic carbocycles. The first-order chi connectivity index (χ1) is 14.1. The van der Waals surface area contributed by atoms with Gasteiger partial charge in [-0.2, -0.15) is 9.49 Å². The highest BCUT2D eigenvalue weighted by atomic mass is 19.1. The summed E-state index contributed by atoms with van der Waals surface area (Å²) in [5.41, 5.74) is 3.84. The number of hydrazone groups is 1. The summed E-state index contributed by atoms with van der Waals surface area (Å²) >= 11 is 0. The number of nitrogens with zero attached hydrogens (tertiary/aromatic N) is 4. The van der Waals surface area contributed by atoms with E-state index >= 15 is 0 Å². The third-order valence-electron chi connectivity index (χ3n) is 3.75. The summed E-state index contributed by atoms with van der Waals surface area (Å²) in [5, 5.41) is 3.76. The zero-order valence-corrected chi connectivity index (χ0v) is 15.8. The molecule has 29 heavy (non-hydrogen) atoms. The van der Waals surface area contributed by atoms with Gasteiger partial charge in [-0.1, -0.05) is 6.07 Å². The van der Waals surface area contributed by atoms with E-state index in [1.54, 1.807) is 36.5 Å². The van der Waals surface area contributed by atoms with Gasteiger partial charge in [-0.15, -0.1) is 0 Å². The molecule has 3 aromatic rings. The number of carbonyl (C=O) groups excluding carboxylic acids is 1. The van der Waals surface area contributed by atoms with Gasteiger partial charge in [0.25, 0.3) is 5.91 Å². The fourth-order valence-corrected chi connectivity index (χ4v) is 2.35. The molecule has 1 amide bonds. The molecule has 0 aliphatic heterocycles. The predicted molar refractivity (Wildman–Crippen MR) is 104 cm³/mol. The van der Waals surface area contributed by atoms with Gasteiger partial charge in [-0.25, -0.2) is 20.4 Å². The number of methoxy groups -OCH3 is 1. The van der Waals surface area contributed by atoms with Gasteiger partial charge < -0.3 is 9.47 Å². The second-order valence-electron chi connectivity index (χ2n) is 5.68. The van der Waals surface area contributed by atoms with Gasteiger partial charge in [0.2, 0.25) is 11.8 Å². The lowest BCUT2D eigenvalue weighted by atomic mass is 10.2. The van der Waals surface area contributed by atoms with E-state index in [-0.39, 0.29) is 11.3 Å². The van der Waals surface area contributed by atoms with Crippen molar-refractivity contribution in [3.05, 3.63) is 66.0 Å². The van der Waals surface area contributed by atoms with Crippen LogP contribution in [0.15, 0.2) is 53.9 Å². The van der Waals surface area contributed by atoms with Crippen LogP contribution in [-0.4, -0.2) is 40.8 Å². The van der Waals surface area contributed by atoms with Crippen LogP contribution in [0.1, 0.15) is 23.0 Å². The summed E-state index contributed by atoms with van der Waals surface area (Å²) in [6, 6.07) is 9.95. The van der Waals surface area contributed by atoms with Crippen molar-refractivity contribution in [3.63, 3.8) is 0 Å². The number of halogens is 1. The lowest BCUT2D eigenvalue weighted by Gasteiger charge is -2.05. The Hall–Kier alpha value is -3.88. The predicted octanol–water partition coefficient (Wildman–Crippen LogP) is 2.85. The molecule has 0 radical (unpaired) electrons. The second-order valence-corrected chi connectivity index (χ2v) is 5.68. The standard InChI is InChI=1S/C20H18FN5O3/c1-3-29-18-8-7-13(10-22-18)16-5-4-6-17(25-16)20(27)26-24-11-14-9-15(28-2)12-23-19(14)21/h4-12H,3H2,1-2H3,(H,26,27)/b24-11+. The molecule has 0 spiro atoms. The Morgan fingerprint density at radius 3 is 2.83 bits per heavy atom. The largest absolute Gasteiger partial charge is 0.495 e. The molecule has 3 aromatic heterocycles. The van der Waals surface area contributed by atoms with E-state index in [4.69, 9.17) is 9.47 Å². The van der Waals surface area contributed by atoms with Crippen LogP contribution >= 0.6 is 0 Å². The third-order valence-corrected chi connectivity index (χ3v) is 3.75. The summed E-state index contributed by atoms with van der Waals surface area (Å²) in [5.74, 6) is -0.388. The van der Waals surface area contributed by atoms with Crippen molar-refractivity contribution in [1.82, 2.24) is 20.4 Å². The molecule has 0 aliphatic rings. The molecule has 0 aromatic carbocycles. The van der Waals surface area contributed by atoms with Crippen LogP contribution in [0.25, 0.3) is 11.3 Å². The monoisotopic (exact) mass is 395 g/mol. The number of aromatic nitrogens is 3. The summed E-state index contributed by atoms with van der Waals surface area (Å²) < 4.78 is 24.0. The maximum Gasteiger partial charge on any atom is 0.289 e. The number of pyridine rings is 3. The van der Waals surface area contributed by atoms with Crippen molar-refractivity contribution in [1.29, 1.82) is 0 Å². The van der Waals surface area contributed by atoms with Crippen molar-refractivity contribution in [2.24, 2.45) is 5.10 Å². The second kappa shape index (κ2) is 9.36. The first-order valence-corrected chi connectivity index (χ1v) is 8.70. The molecule has 1 N–H and O–H groups in total. The fourth-order valence-electron chi connectivity index (χ4n) is 2.35. The van der Waals surface area contributed by atoms with E-state index in [0.29, 0.717) is 23.9 Å². The zero-order chi connectivity index (χ0) is 20.6. The first-order valence-electron chi connectivity index (χ1n) is 8.70. The van der Waals surface area contributed by atoms with E-state index in [1.165, 1.54) is 19.4 Å². The van der Waals surface area contributed by atoms with Crippen molar-refractivity contribution in [2.45, 2.75) is 6.92 Å². The molecule has 148 valence electrons. The molecule has 0 bridgehead atoms. The van der Waals surface area contributed by atoms with Crippen molar-refractivity contribution < 1.29 is 18.7 Å². The highest BCUT2D eigenvalue weighted by molar-refractivity contribution is 5.93. The Morgan fingerprint density at radius 2 is 2.10 bits per heavy atom. The maximum atomic E-state index is 13.7. The zero-order valence-electron chi connectivity index (χ0n) is 15.8. The Balaban J connectivity index is 1.71. The molecular formula is C20H18FN5O3. The average Bonchev–Trinajstić information content (AvgIpc) is 2.76. The van der Waals surface area contributed by atoms with Crippen LogP contribution in [-0.2, 0) is 0 Å². The molecule has 0 unspecified atom stereocenters. The normalized spacial score (nSPS) is 10.7. The van der Waals surface area contributed by atoms with Gasteiger partial charge in [0.1, 0.15) is 11.4 Å². The molecular weight excluding hydrogens is 377 g/mol. The van der Waals surface area contributed by atoms with E-state index in [1.807, 2.05) is 6.92 Å². The van der Waals surface area contributed by atoms with Gasteiger partial charge in [-0.3, -0.25) is 4.79 Å². The number of nitrogens with one attached hydrogen (secondary N) is 1. The smallest absolute Gasteiger partial charge is 0.289 e. The highest BCUT2D eigenvalue weighted by Gasteiger charge is 2.09. The lowest BCUT2D eigenvalue weighted by molar-refractivity contribution is 0.0950.